The Kier molecular flexibility index (Phi) is 10.5. The van der Waals surface area contributed by atoms with Crippen LogP contribution in [0.15, 0.2) is 48.7 Å². The molecule has 0 bridgehead atoms. The molecule has 2 amide bonds. The van der Waals surface area contributed by atoms with Gasteiger partial charge in [-0.1, -0.05) is 0 Å². The summed E-state index contributed by atoms with van der Waals surface area (Å²) < 4.78 is 0. The van der Waals surface area contributed by atoms with Crippen LogP contribution in [-0.2, 0) is 0 Å². The Morgan fingerprint density at radius 3 is 2.15 bits per heavy atom. The predicted molar refractivity (Wildman–Crippen MR) is 180 cm³/mol. The first-order valence-corrected chi connectivity index (χ1v) is 15.6. The van der Waals surface area contributed by atoms with E-state index in [1.807, 2.05) is 36.0 Å². The molecule has 5 rings (SSSR count). The third kappa shape index (κ3) is 8.28. The normalized spacial score (nSPS) is 16.5. The van der Waals surface area contributed by atoms with Gasteiger partial charge in [-0.05, 0) is 70.4 Å². The molecule has 2 saturated heterocycles. The Bertz CT molecular complexity index is 1590. The summed E-state index contributed by atoms with van der Waals surface area (Å²) in [6.45, 7) is 10.1. The van der Waals surface area contributed by atoms with E-state index >= 15 is 0 Å². The summed E-state index contributed by atoms with van der Waals surface area (Å²) in [7, 11) is 4.14. The Morgan fingerprint density at radius 1 is 0.936 bits per heavy atom. The molecular weight excluding hydrogens is 604 g/mol. The molecule has 0 atom stereocenters. The summed E-state index contributed by atoms with van der Waals surface area (Å²) in [5.74, 6) is -0.724. The van der Waals surface area contributed by atoms with E-state index in [0.717, 1.165) is 69.9 Å². The molecule has 16 nitrogen and oxygen atoms in total. The van der Waals surface area contributed by atoms with E-state index < -0.39 is 10.8 Å². The Labute approximate surface area is 273 Å². The lowest BCUT2D eigenvalue weighted by Gasteiger charge is -2.41. The number of amides is 2. The van der Waals surface area contributed by atoms with Gasteiger partial charge in [-0.25, -0.2) is 15.0 Å². The topological polar surface area (TPSA) is 181 Å². The number of nitrogens with zero attached hydrogens (tertiary/aromatic N) is 8. The minimum absolute atomic E-state index is 0.0510. The van der Waals surface area contributed by atoms with Crippen LogP contribution in [0.5, 0.6) is 0 Å². The maximum Gasteiger partial charge on any atom is 0.329 e. The number of aromatic nitrogens is 2. The van der Waals surface area contributed by atoms with Crippen molar-refractivity contribution in [3.05, 3.63) is 69.9 Å². The number of piperazine rings is 2. The molecule has 47 heavy (non-hydrogen) atoms. The number of rotatable bonds is 11. The predicted octanol–water partition coefficient (Wildman–Crippen LogP) is 2.24. The van der Waals surface area contributed by atoms with E-state index in [2.05, 4.69) is 54.9 Å². The fourth-order valence-electron chi connectivity index (χ4n) is 5.40. The van der Waals surface area contributed by atoms with Crippen LogP contribution in [0, 0.1) is 10.1 Å². The van der Waals surface area contributed by atoms with Crippen molar-refractivity contribution in [3.63, 3.8) is 0 Å². The van der Waals surface area contributed by atoms with Crippen LogP contribution in [0.2, 0.25) is 0 Å². The van der Waals surface area contributed by atoms with Gasteiger partial charge in [0.1, 0.15) is 6.20 Å². The van der Waals surface area contributed by atoms with Crippen LogP contribution in [0.4, 0.5) is 34.5 Å². The highest BCUT2D eigenvalue weighted by Gasteiger charge is 2.25. The van der Waals surface area contributed by atoms with Crippen molar-refractivity contribution >= 4 is 46.3 Å². The zero-order valence-electron chi connectivity index (χ0n) is 27.1. The van der Waals surface area contributed by atoms with Gasteiger partial charge in [0, 0.05) is 64.0 Å². The highest BCUT2D eigenvalue weighted by atomic mass is 16.6. The largest absolute Gasteiger partial charge is 0.366 e. The number of carbonyl (C=O) groups excluding carboxylic acids is 2. The van der Waals surface area contributed by atoms with E-state index in [9.17, 15) is 19.7 Å². The third-order valence-corrected chi connectivity index (χ3v) is 8.05. The Morgan fingerprint density at radius 2 is 1.55 bits per heavy atom. The summed E-state index contributed by atoms with van der Waals surface area (Å²) in [5.41, 5.74) is 11.1. The number of primary amides is 1. The first kappa shape index (κ1) is 33.5. The lowest BCUT2D eigenvalue weighted by molar-refractivity contribution is -0.384. The van der Waals surface area contributed by atoms with Crippen LogP contribution in [0.1, 0.15) is 34.6 Å². The minimum atomic E-state index is -0.664. The first-order chi connectivity index (χ1) is 22.5. The molecule has 0 aliphatic carbocycles. The van der Waals surface area contributed by atoms with Crippen molar-refractivity contribution in [3.8, 4) is 0 Å². The molecule has 250 valence electrons. The molecule has 2 aliphatic heterocycles. The van der Waals surface area contributed by atoms with E-state index in [0.29, 0.717) is 11.3 Å². The maximum atomic E-state index is 13.0. The van der Waals surface area contributed by atoms with Gasteiger partial charge < -0.3 is 26.2 Å². The summed E-state index contributed by atoms with van der Waals surface area (Å²) in [5, 5.41) is 23.8. The second-order valence-corrected chi connectivity index (χ2v) is 12.0. The summed E-state index contributed by atoms with van der Waals surface area (Å²) in [6, 6.07) is 12.5. The molecule has 16 heteroatoms. The molecule has 0 radical (unpaired) electrons. The molecule has 2 fully saturated rings. The molecule has 2 aromatic carbocycles. The van der Waals surface area contributed by atoms with Crippen molar-refractivity contribution in [2.75, 3.05) is 82.1 Å². The number of hydrazine groups is 2. The average molecular weight is 647 g/mol. The Hall–Kier alpha value is -4.90. The molecule has 0 unspecified atom stereocenters. The summed E-state index contributed by atoms with van der Waals surface area (Å²) in [6.07, 6.45) is 1.12. The van der Waals surface area contributed by atoms with Crippen molar-refractivity contribution in [2.45, 2.75) is 19.9 Å². The molecule has 3 heterocycles. The van der Waals surface area contributed by atoms with Gasteiger partial charge in [-0.2, -0.15) is 4.98 Å². The van der Waals surface area contributed by atoms with E-state index in [4.69, 9.17) is 5.73 Å². The number of carbonyl (C=O) groups is 2. The zero-order chi connectivity index (χ0) is 33.7. The second kappa shape index (κ2) is 14.7. The highest BCUT2D eigenvalue weighted by molar-refractivity contribution is 6.00. The van der Waals surface area contributed by atoms with E-state index in [-0.39, 0.29) is 35.0 Å². The zero-order valence-corrected chi connectivity index (χ0v) is 27.1. The van der Waals surface area contributed by atoms with Gasteiger partial charge in [0.05, 0.1) is 27.5 Å². The third-order valence-electron chi connectivity index (χ3n) is 8.05. The second-order valence-electron chi connectivity index (χ2n) is 12.0. The van der Waals surface area contributed by atoms with Gasteiger partial charge in [-0.3, -0.25) is 30.1 Å². The number of hydrogen-bond acceptors (Lipinski definition) is 13. The van der Waals surface area contributed by atoms with Crippen molar-refractivity contribution in [2.24, 2.45) is 5.73 Å². The number of likely N-dealkylation sites (N-methyl/N-ethyl adjacent to an activating group) is 2. The van der Waals surface area contributed by atoms with Gasteiger partial charge in [0.25, 0.3) is 11.8 Å². The first-order valence-electron chi connectivity index (χ1n) is 15.6. The molecule has 2 aliphatic rings. The van der Waals surface area contributed by atoms with Gasteiger partial charge >= 0.3 is 5.69 Å². The van der Waals surface area contributed by atoms with Crippen LogP contribution < -0.4 is 26.8 Å². The summed E-state index contributed by atoms with van der Waals surface area (Å²) in [4.78, 5) is 49.5. The standard InChI is InChI=1S/C31H42N12O4/c1-21(2)34-29-27(43(46)47)20-33-31(36-29)35-26-19-24(9-10-25(26)28(32)44)42(41-17-13-39(4)14-18-41)23-7-5-22(6-8-23)30(45)37-40-15-11-38(3)12-16-40/h5-10,19-21H,11-18H2,1-4H3,(H2,32,44)(H,37,45)(H2,33,34,35,36). The lowest BCUT2D eigenvalue weighted by atomic mass is 10.1. The van der Waals surface area contributed by atoms with Gasteiger partial charge in [0.15, 0.2) is 0 Å². The van der Waals surface area contributed by atoms with Crippen molar-refractivity contribution < 1.29 is 14.5 Å². The van der Waals surface area contributed by atoms with E-state index in [1.54, 1.807) is 30.3 Å². The molecule has 0 spiro atoms. The Balaban J connectivity index is 1.46. The fourth-order valence-corrected chi connectivity index (χ4v) is 5.40. The van der Waals surface area contributed by atoms with Crippen LogP contribution in [-0.4, -0.2) is 119 Å². The molecule has 1 aromatic heterocycles. The number of nitrogens with two attached hydrogens (primary N) is 1. The molecular formula is C31H42N12O4. The van der Waals surface area contributed by atoms with Crippen LogP contribution in [0.25, 0.3) is 0 Å². The molecule has 0 saturated carbocycles. The smallest absolute Gasteiger partial charge is 0.329 e. The number of nitro groups is 1. The minimum Gasteiger partial charge on any atom is -0.366 e. The number of nitrogens with one attached hydrogen (secondary N) is 3. The van der Waals surface area contributed by atoms with Gasteiger partial charge in [-0.15, -0.1) is 0 Å². The monoisotopic (exact) mass is 646 g/mol. The number of benzene rings is 2. The number of anilines is 5. The molecule has 3 aromatic rings. The van der Waals surface area contributed by atoms with E-state index in [1.165, 1.54) is 0 Å². The summed E-state index contributed by atoms with van der Waals surface area (Å²) >= 11 is 0. The van der Waals surface area contributed by atoms with Gasteiger partial charge in [0.2, 0.25) is 11.8 Å². The van der Waals surface area contributed by atoms with Crippen molar-refractivity contribution in [1.82, 2.24) is 35.2 Å². The van der Waals surface area contributed by atoms with Crippen molar-refractivity contribution in [1.29, 1.82) is 0 Å². The quantitative estimate of drug-likeness (QED) is 0.176. The lowest BCUT2D eigenvalue weighted by Crippen LogP contribution is -2.52. The fraction of sp³-hybridized carbons (Fsp3) is 0.419. The average Bonchev–Trinajstić information content (AvgIpc) is 3.03. The maximum absolute atomic E-state index is 13.0. The highest BCUT2D eigenvalue weighted by Crippen LogP contribution is 2.33. The number of hydrogen-bond donors (Lipinski definition) is 4. The molecule has 5 N–H and O–H groups in total. The van der Waals surface area contributed by atoms with Crippen LogP contribution >= 0.6 is 0 Å². The van der Waals surface area contributed by atoms with Crippen LogP contribution in [0.3, 0.4) is 0 Å². The SMILES string of the molecule is CC(C)Nc1nc(Nc2cc(N(c3ccc(C(=O)NN4CCN(C)CC4)cc3)N3CCN(C)CC3)ccc2C(N)=O)ncc1[N+](=O)[O-].